The molecule has 1 amide bonds. The average molecular weight is 361 g/mol. The second-order valence-electron chi connectivity index (χ2n) is 6.61. The van der Waals surface area contributed by atoms with Crippen molar-refractivity contribution in [2.24, 2.45) is 11.7 Å². The molecule has 0 saturated heterocycles. The van der Waals surface area contributed by atoms with Gasteiger partial charge in [-0.15, -0.1) is 0 Å². The summed E-state index contributed by atoms with van der Waals surface area (Å²) in [4.78, 5) is 15.7. The highest BCUT2D eigenvalue weighted by molar-refractivity contribution is 6.29. The largest absolute Gasteiger partial charge is 0.373 e. The number of primary amides is 1. The summed E-state index contributed by atoms with van der Waals surface area (Å²) in [5.74, 6) is -2.53. The van der Waals surface area contributed by atoms with Gasteiger partial charge in [0.05, 0.1) is 0 Å². The summed E-state index contributed by atoms with van der Waals surface area (Å²) in [6, 6.07) is 2.70. The van der Waals surface area contributed by atoms with Crippen LogP contribution in [0.1, 0.15) is 39.5 Å². The molecule has 1 saturated carbocycles. The molecule has 1 unspecified atom stereocenters. The number of carbonyl (C=O) groups is 1. The Hall–Kier alpha value is -1.63. The Morgan fingerprint density at radius 2 is 2.00 bits per heavy atom. The first-order chi connectivity index (χ1) is 11.2. The van der Waals surface area contributed by atoms with Crippen LogP contribution in [0.3, 0.4) is 0 Å². The Labute approximate surface area is 145 Å². The highest BCUT2D eigenvalue weighted by atomic mass is 35.5. The maximum absolute atomic E-state index is 13.2. The third-order valence-corrected chi connectivity index (χ3v) is 4.35. The molecule has 0 aromatic carbocycles. The number of rotatable bonds is 6. The minimum absolute atomic E-state index is 0.00595. The molecular weight excluding hydrogens is 338 g/mol. The second kappa shape index (κ2) is 7.51. The van der Waals surface area contributed by atoms with Gasteiger partial charge >= 0.3 is 0 Å². The number of nitrogens with two attached hydrogens (primary N) is 1. The number of halogens is 3. The molecule has 1 atom stereocenters. The van der Waals surface area contributed by atoms with E-state index in [2.05, 4.69) is 15.6 Å². The van der Waals surface area contributed by atoms with Gasteiger partial charge < -0.3 is 16.4 Å². The number of carbonyl (C=O) groups excluding carboxylic acids is 1. The molecule has 134 valence electrons. The van der Waals surface area contributed by atoms with Crippen molar-refractivity contribution >= 4 is 29.0 Å². The maximum Gasteiger partial charge on any atom is 0.248 e. The van der Waals surface area contributed by atoms with Gasteiger partial charge in [-0.2, -0.15) is 0 Å². The molecule has 0 spiro atoms. The molecule has 1 aromatic heterocycles. The smallest absolute Gasteiger partial charge is 0.248 e. The van der Waals surface area contributed by atoms with E-state index in [0.717, 1.165) is 0 Å². The fourth-order valence-electron chi connectivity index (χ4n) is 2.79. The normalized spacial score (nSPS) is 19.1. The number of hydrogen-bond acceptors (Lipinski definition) is 4. The standard InChI is InChI=1S/C16H23ClF2N4O/c1-9(2)14(15(20)24)22-11-7-12(17)23-13(8-11)21-10-3-5-16(18,19)6-4-10/h7-10,14H,3-6H2,1-2H3,(H2,20,24)(H2,21,22,23). The van der Waals surface area contributed by atoms with E-state index in [0.29, 0.717) is 24.3 Å². The fourth-order valence-corrected chi connectivity index (χ4v) is 3.00. The van der Waals surface area contributed by atoms with E-state index in [4.69, 9.17) is 17.3 Å². The van der Waals surface area contributed by atoms with Crippen LogP contribution in [0.15, 0.2) is 12.1 Å². The molecule has 1 aliphatic carbocycles. The molecule has 0 bridgehead atoms. The lowest BCUT2D eigenvalue weighted by atomic mass is 9.92. The predicted octanol–water partition coefficient (Wildman–Crippen LogP) is 3.65. The van der Waals surface area contributed by atoms with Gasteiger partial charge in [0.15, 0.2) is 0 Å². The fraction of sp³-hybridized carbons (Fsp3) is 0.625. The number of aromatic nitrogens is 1. The van der Waals surface area contributed by atoms with Gasteiger partial charge in [0.1, 0.15) is 17.0 Å². The van der Waals surface area contributed by atoms with Gasteiger partial charge in [-0.25, -0.2) is 13.8 Å². The van der Waals surface area contributed by atoms with E-state index >= 15 is 0 Å². The summed E-state index contributed by atoms with van der Waals surface area (Å²) in [5, 5.41) is 6.44. The van der Waals surface area contributed by atoms with Crippen molar-refractivity contribution in [2.75, 3.05) is 10.6 Å². The molecule has 2 rings (SSSR count). The van der Waals surface area contributed by atoms with Crippen LogP contribution < -0.4 is 16.4 Å². The Kier molecular flexibility index (Phi) is 5.85. The first-order valence-electron chi connectivity index (χ1n) is 8.04. The van der Waals surface area contributed by atoms with Crippen LogP contribution in [0.2, 0.25) is 5.15 Å². The molecule has 1 heterocycles. The third-order valence-electron chi connectivity index (χ3n) is 4.16. The quantitative estimate of drug-likeness (QED) is 0.676. The molecule has 1 aromatic rings. The van der Waals surface area contributed by atoms with Gasteiger partial charge in [0.25, 0.3) is 0 Å². The first-order valence-corrected chi connectivity index (χ1v) is 8.42. The summed E-state index contributed by atoms with van der Waals surface area (Å²) in [6.07, 6.45) is 0.487. The minimum atomic E-state index is -2.57. The lowest BCUT2D eigenvalue weighted by Crippen LogP contribution is -2.39. The number of pyridine rings is 1. The number of amides is 1. The number of nitrogens with one attached hydrogen (secondary N) is 2. The molecule has 4 N–H and O–H groups in total. The van der Waals surface area contributed by atoms with Crippen LogP contribution in [0.5, 0.6) is 0 Å². The Bertz CT molecular complexity index is 587. The topological polar surface area (TPSA) is 80.0 Å². The summed E-state index contributed by atoms with van der Waals surface area (Å²) in [5.41, 5.74) is 6.01. The molecule has 0 aliphatic heterocycles. The van der Waals surface area contributed by atoms with Crippen LogP contribution >= 0.6 is 11.6 Å². The van der Waals surface area contributed by atoms with Crippen molar-refractivity contribution in [3.63, 3.8) is 0 Å². The summed E-state index contributed by atoms with van der Waals surface area (Å²) in [6.45, 7) is 3.76. The van der Waals surface area contributed by atoms with E-state index < -0.39 is 17.9 Å². The molecule has 8 heteroatoms. The Balaban J connectivity index is 2.07. The van der Waals surface area contributed by atoms with Gasteiger partial charge in [-0.1, -0.05) is 25.4 Å². The molecule has 1 fully saturated rings. The van der Waals surface area contributed by atoms with Crippen LogP contribution in [0.4, 0.5) is 20.3 Å². The minimum Gasteiger partial charge on any atom is -0.373 e. The van der Waals surface area contributed by atoms with Gasteiger partial charge in [-0.05, 0) is 24.8 Å². The van der Waals surface area contributed by atoms with E-state index in [1.54, 1.807) is 12.1 Å². The maximum atomic E-state index is 13.2. The number of hydrogen-bond donors (Lipinski definition) is 3. The highest BCUT2D eigenvalue weighted by Crippen LogP contribution is 2.34. The van der Waals surface area contributed by atoms with E-state index in [9.17, 15) is 13.6 Å². The molecule has 1 aliphatic rings. The lowest BCUT2D eigenvalue weighted by molar-refractivity contribution is -0.119. The molecule has 0 radical (unpaired) electrons. The van der Waals surface area contributed by atoms with Crippen molar-refractivity contribution in [2.45, 2.75) is 57.5 Å². The van der Waals surface area contributed by atoms with Gasteiger partial charge in [0, 0.05) is 30.6 Å². The molecule has 5 nitrogen and oxygen atoms in total. The number of anilines is 2. The zero-order chi connectivity index (χ0) is 17.9. The van der Waals surface area contributed by atoms with Crippen molar-refractivity contribution < 1.29 is 13.6 Å². The Morgan fingerprint density at radius 3 is 2.54 bits per heavy atom. The zero-order valence-electron chi connectivity index (χ0n) is 13.8. The van der Waals surface area contributed by atoms with Gasteiger partial charge in [-0.3, -0.25) is 4.79 Å². The van der Waals surface area contributed by atoms with Crippen molar-refractivity contribution in [3.05, 3.63) is 17.3 Å². The van der Waals surface area contributed by atoms with Crippen LogP contribution in [-0.2, 0) is 4.79 Å². The Morgan fingerprint density at radius 1 is 1.38 bits per heavy atom. The summed E-state index contributed by atoms with van der Waals surface area (Å²) >= 11 is 6.03. The van der Waals surface area contributed by atoms with E-state index in [-0.39, 0.29) is 30.0 Å². The van der Waals surface area contributed by atoms with Gasteiger partial charge in [0.2, 0.25) is 11.8 Å². The van der Waals surface area contributed by atoms with Crippen LogP contribution in [0.25, 0.3) is 0 Å². The van der Waals surface area contributed by atoms with Crippen LogP contribution in [0, 0.1) is 5.92 Å². The predicted molar refractivity (Wildman–Crippen MR) is 91.5 cm³/mol. The molecular formula is C16H23ClF2N4O. The third kappa shape index (κ3) is 5.19. The number of nitrogens with zero attached hydrogens (tertiary/aromatic N) is 1. The summed E-state index contributed by atoms with van der Waals surface area (Å²) in [7, 11) is 0. The van der Waals surface area contributed by atoms with E-state index in [1.807, 2.05) is 13.8 Å². The van der Waals surface area contributed by atoms with Crippen molar-refractivity contribution in [1.29, 1.82) is 0 Å². The highest BCUT2D eigenvalue weighted by Gasteiger charge is 2.35. The van der Waals surface area contributed by atoms with Crippen molar-refractivity contribution in [1.82, 2.24) is 4.98 Å². The average Bonchev–Trinajstić information content (AvgIpc) is 2.46. The lowest BCUT2D eigenvalue weighted by Gasteiger charge is -2.29. The monoisotopic (exact) mass is 360 g/mol. The molecule has 24 heavy (non-hydrogen) atoms. The van der Waals surface area contributed by atoms with Crippen molar-refractivity contribution in [3.8, 4) is 0 Å². The number of alkyl halides is 2. The van der Waals surface area contributed by atoms with E-state index in [1.165, 1.54) is 0 Å². The second-order valence-corrected chi connectivity index (χ2v) is 6.99. The summed E-state index contributed by atoms with van der Waals surface area (Å²) < 4.78 is 26.4. The SMILES string of the molecule is CC(C)C(Nc1cc(Cl)nc(NC2CCC(F)(F)CC2)c1)C(N)=O. The van der Waals surface area contributed by atoms with Crippen LogP contribution in [-0.4, -0.2) is 28.9 Å². The first kappa shape index (κ1) is 18.7. The zero-order valence-corrected chi connectivity index (χ0v) is 14.5.